The molecule has 2 rings (SSSR count). The van der Waals surface area contributed by atoms with Crippen molar-refractivity contribution < 1.29 is 9.59 Å². The average Bonchev–Trinajstić information content (AvgIpc) is 2.65. The van der Waals surface area contributed by atoms with Gasteiger partial charge in [-0.2, -0.15) is 0 Å². The zero-order valence-electron chi connectivity index (χ0n) is 15.0. The number of rotatable bonds is 7. The summed E-state index contributed by atoms with van der Waals surface area (Å²) in [4.78, 5) is 24.2. The van der Waals surface area contributed by atoms with Gasteiger partial charge in [-0.1, -0.05) is 53.2 Å². The fourth-order valence-electron chi connectivity index (χ4n) is 2.26. The molecule has 0 aliphatic heterocycles. The summed E-state index contributed by atoms with van der Waals surface area (Å²) in [5, 5.41) is 5.77. The number of carbonyl (C=O) groups is 2. The number of amides is 2. The zero-order chi connectivity index (χ0) is 18.9. The van der Waals surface area contributed by atoms with Crippen molar-refractivity contribution in [1.29, 1.82) is 0 Å². The van der Waals surface area contributed by atoms with Crippen molar-refractivity contribution in [3.8, 4) is 0 Å². The Bertz CT molecular complexity index is 802. The van der Waals surface area contributed by atoms with E-state index in [4.69, 9.17) is 0 Å². The van der Waals surface area contributed by atoms with E-state index in [0.717, 1.165) is 22.0 Å². The third-order valence-electron chi connectivity index (χ3n) is 3.97. The van der Waals surface area contributed by atoms with Crippen molar-refractivity contribution >= 4 is 33.8 Å². The molecule has 0 fully saturated rings. The Morgan fingerprint density at radius 2 is 1.92 bits per heavy atom. The van der Waals surface area contributed by atoms with Gasteiger partial charge in [-0.15, -0.1) is 0 Å². The lowest BCUT2D eigenvalue weighted by molar-refractivity contribution is -0.116. The van der Waals surface area contributed by atoms with Gasteiger partial charge < -0.3 is 10.6 Å². The maximum atomic E-state index is 12.2. The maximum Gasteiger partial charge on any atom is 0.251 e. The topological polar surface area (TPSA) is 58.2 Å². The van der Waals surface area contributed by atoms with Gasteiger partial charge in [0.25, 0.3) is 5.91 Å². The van der Waals surface area contributed by atoms with Gasteiger partial charge in [0.05, 0.1) is 0 Å². The van der Waals surface area contributed by atoms with Crippen LogP contribution in [0.25, 0.3) is 6.08 Å². The Balaban J connectivity index is 1.93. The molecule has 1 unspecified atom stereocenters. The van der Waals surface area contributed by atoms with Crippen LogP contribution in [0, 0.1) is 0 Å². The Hall–Kier alpha value is -2.40. The first-order valence-electron chi connectivity index (χ1n) is 8.60. The van der Waals surface area contributed by atoms with Crippen LogP contribution in [0.4, 0.5) is 0 Å². The van der Waals surface area contributed by atoms with Crippen LogP contribution in [0.2, 0.25) is 0 Å². The molecule has 0 aromatic heterocycles. The van der Waals surface area contributed by atoms with Crippen LogP contribution in [0.1, 0.15) is 41.8 Å². The van der Waals surface area contributed by atoms with Crippen LogP contribution in [0.5, 0.6) is 0 Å². The van der Waals surface area contributed by atoms with Gasteiger partial charge in [0.2, 0.25) is 5.91 Å². The molecule has 0 radical (unpaired) electrons. The molecule has 26 heavy (non-hydrogen) atoms. The molecule has 0 heterocycles. The van der Waals surface area contributed by atoms with E-state index in [9.17, 15) is 9.59 Å². The molecule has 1 atom stereocenters. The normalized spacial score (nSPS) is 12.0. The predicted molar refractivity (Wildman–Crippen MR) is 109 cm³/mol. The number of halogens is 1. The standard InChI is InChI=1S/C21H23BrN2O2/c1-3-15(2)24-21(26)18-9-6-7-16(13-18)14-23-20(25)12-11-17-8-4-5-10-19(17)22/h4-13,15H,3,14H2,1-2H3,(H,23,25)(H,24,26)/b12-11+. The highest BCUT2D eigenvalue weighted by Crippen LogP contribution is 2.17. The van der Waals surface area contributed by atoms with E-state index in [0.29, 0.717) is 12.1 Å². The van der Waals surface area contributed by atoms with E-state index in [2.05, 4.69) is 26.6 Å². The summed E-state index contributed by atoms with van der Waals surface area (Å²) in [6, 6.07) is 15.1. The molecule has 5 heteroatoms. The van der Waals surface area contributed by atoms with Gasteiger partial charge in [0.1, 0.15) is 0 Å². The predicted octanol–water partition coefficient (Wildman–Crippen LogP) is 4.31. The second kappa shape index (κ2) is 9.92. The van der Waals surface area contributed by atoms with E-state index < -0.39 is 0 Å². The molecule has 4 nitrogen and oxygen atoms in total. The lowest BCUT2D eigenvalue weighted by Crippen LogP contribution is -2.32. The van der Waals surface area contributed by atoms with E-state index in [1.807, 2.05) is 50.2 Å². The van der Waals surface area contributed by atoms with Crippen LogP contribution in [0.3, 0.4) is 0 Å². The van der Waals surface area contributed by atoms with Gasteiger partial charge >= 0.3 is 0 Å². The van der Waals surface area contributed by atoms with Gasteiger partial charge in [-0.3, -0.25) is 9.59 Å². The maximum absolute atomic E-state index is 12.2. The molecule has 136 valence electrons. The number of carbonyl (C=O) groups excluding carboxylic acids is 2. The van der Waals surface area contributed by atoms with Crippen molar-refractivity contribution in [2.75, 3.05) is 0 Å². The summed E-state index contributed by atoms with van der Waals surface area (Å²) in [5.41, 5.74) is 2.41. The highest BCUT2D eigenvalue weighted by Gasteiger charge is 2.09. The molecule has 0 spiro atoms. The second-order valence-corrected chi connectivity index (χ2v) is 6.91. The fourth-order valence-corrected chi connectivity index (χ4v) is 2.67. The molecule has 2 aromatic rings. The van der Waals surface area contributed by atoms with Gasteiger partial charge in [0, 0.05) is 28.7 Å². The number of hydrogen-bond acceptors (Lipinski definition) is 2. The molecule has 0 bridgehead atoms. The highest BCUT2D eigenvalue weighted by atomic mass is 79.9. The molecule has 2 aromatic carbocycles. The molecule has 2 N–H and O–H groups in total. The number of benzene rings is 2. The van der Waals surface area contributed by atoms with Crippen LogP contribution < -0.4 is 10.6 Å². The summed E-state index contributed by atoms with van der Waals surface area (Å²) in [6.45, 7) is 4.36. The van der Waals surface area contributed by atoms with Gasteiger partial charge in [-0.05, 0) is 48.7 Å². The first kappa shape index (κ1) is 19.9. The van der Waals surface area contributed by atoms with Crippen LogP contribution in [-0.4, -0.2) is 17.9 Å². The Labute approximate surface area is 162 Å². The molecule has 0 saturated heterocycles. The van der Waals surface area contributed by atoms with E-state index in [-0.39, 0.29) is 17.9 Å². The monoisotopic (exact) mass is 414 g/mol. The second-order valence-electron chi connectivity index (χ2n) is 6.06. The molecular formula is C21H23BrN2O2. The fraction of sp³-hybridized carbons (Fsp3) is 0.238. The summed E-state index contributed by atoms with van der Waals surface area (Å²) >= 11 is 3.44. The first-order chi connectivity index (χ1) is 12.5. The van der Waals surface area contributed by atoms with Crippen molar-refractivity contribution in [3.63, 3.8) is 0 Å². The molecule has 0 aliphatic rings. The third kappa shape index (κ3) is 6.15. The summed E-state index contributed by atoms with van der Waals surface area (Å²) in [5.74, 6) is -0.281. The largest absolute Gasteiger partial charge is 0.350 e. The SMILES string of the molecule is CCC(C)NC(=O)c1cccc(CNC(=O)/C=C/c2ccccc2Br)c1. The zero-order valence-corrected chi connectivity index (χ0v) is 16.5. The van der Waals surface area contributed by atoms with Crippen LogP contribution >= 0.6 is 15.9 Å². The summed E-state index contributed by atoms with van der Waals surface area (Å²) in [6.07, 6.45) is 4.14. The van der Waals surface area contributed by atoms with Gasteiger partial charge in [0.15, 0.2) is 0 Å². The lowest BCUT2D eigenvalue weighted by Gasteiger charge is -2.12. The van der Waals surface area contributed by atoms with Crippen molar-refractivity contribution in [1.82, 2.24) is 10.6 Å². The van der Waals surface area contributed by atoms with Gasteiger partial charge in [-0.25, -0.2) is 0 Å². The van der Waals surface area contributed by atoms with E-state index in [1.54, 1.807) is 18.2 Å². The molecule has 0 aliphatic carbocycles. The lowest BCUT2D eigenvalue weighted by atomic mass is 10.1. The number of hydrogen-bond donors (Lipinski definition) is 2. The first-order valence-corrected chi connectivity index (χ1v) is 9.39. The third-order valence-corrected chi connectivity index (χ3v) is 4.69. The van der Waals surface area contributed by atoms with E-state index >= 15 is 0 Å². The Kier molecular flexibility index (Phi) is 7.60. The minimum Gasteiger partial charge on any atom is -0.350 e. The van der Waals surface area contributed by atoms with Crippen molar-refractivity contribution in [2.24, 2.45) is 0 Å². The van der Waals surface area contributed by atoms with E-state index in [1.165, 1.54) is 6.08 Å². The van der Waals surface area contributed by atoms with Crippen LogP contribution in [-0.2, 0) is 11.3 Å². The van der Waals surface area contributed by atoms with Crippen LogP contribution in [0.15, 0.2) is 59.1 Å². The molecule has 0 saturated carbocycles. The average molecular weight is 415 g/mol. The quantitative estimate of drug-likeness (QED) is 0.663. The summed E-state index contributed by atoms with van der Waals surface area (Å²) < 4.78 is 0.934. The Morgan fingerprint density at radius 3 is 2.65 bits per heavy atom. The highest BCUT2D eigenvalue weighted by molar-refractivity contribution is 9.10. The Morgan fingerprint density at radius 1 is 1.15 bits per heavy atom. The smallest absolute Gasteiger partial charge is 0.251 e. The number of nitrogens with one attached hydrogen (secondary N) is 2. The minimum absolute atomic E-state index is 0.0960. The van der Waals surface area contributed by atoms with Crippen molar-refractivity contribution in [3.05, 3.63) is 75.8 Å². The molecule has 2 amide bonds. The van der Waals surface area contributed by atoms with Crippen molar-refractivity contribution in [2.45, 2.75) is 32.9 Å². The molecular weight excluding hydrogens is 392 g/mol. The summed E-state index contributed by atoms with van der Waals surface area (Å²) in [7, 11) is 0. The minimum atomic E-state index is -0.185.